The standard InChI is InChI=1S/C21H18N2O6S/c24-19-11-16-6-5-15(14-3-1-2-13(8-14)4-7-21(26)27)9-17(16)10-18(19)23-12-20(25)22-30(23,28)29/h1-3,5-6,8-11,24H,4,7,12H2,(H,22,25)(H,26,27). The van der Waals surface area contributed by atoms with Crippen LogP contribution < -0.4 is 9.03 Å². The van der Waals surface area contributed by atoms with Crippen LogP contribution in [-0.2, 0) is 26.2 Å². The van der Waals surface area contributed by atoms with Crippen molar-refractivity contribution in [3.05, 3.63) is 60.2 Å². The van der Waals surface area contributed by atoms with Crippen LogP contribution in [0.15, 0.2) is 54.6 Å². The number of rotatable bonds is 5. The first-order valence-electron chi connectivity index (χ1n) is 9.14. The lowest BCUT2D eigenvalue weighted by Crippen LogP contribution is -2.29. The molecule has 0 radical (unpaired) electrons. The van der Waals surface area contributed by atoms with E-state index in [-0.39, 0.29) is 17.9 Å². The Hall–Kier alpha value is -3.59. The number of phenols is 1. The molecule has 1 saturated heterocycles. The summed E-state index contributed by atoms with van der Waals surface area (Å²) in [5, 5.41) is 20.6. The van der Waals surface area contributed by atoms with Crippen LogP contribution in [0.4, 0.5) is 5.69 Å². The van der Waals surface area contributed by atoms with Gasteiger partial charge in [0, 0.05) is 6.42 Å². The fourth-order valence-electron chi connectivity index (χ4n) is 3.47. The molecule has 8 nitrogen and oxygen atoms in total. The molecule has 0 aliphatic carbocycles. The van der Waals surface area contributed by atoms with E-state index >= 15 is 0 Å². The summed E-state index contributed by atoms with van der Waals surface area (Å²) in [6.45, 7) is -0.396. The highest BCUT2D eigenvalue weighted by molar-refractivity contribution is 7.92. The molecule has 0 atom stereocenters. The highest BCUT2D eigenvalue weighted by atomic mass is 32.2. The zero-order valence-corrected chi connectivity index (χ0v) is 16.5. The zero-order chi connectivity index (χ0) is 21.5. The van der Waals surface area contributed by atoms with Gasteiger partial charge in [-0.15, -0.1) is 0 Å². The van der Waals surface area contributed by atoms with Gasteiger partial charge >= 0.3 is 16.2 Å². The molecule has 0 spiro atoms. The topological polar surface area (TPSA) is 124 Å². The number of hydrogen-bond donors (Lipinski definition) is 3. The molecule has 1 aliphatic rings. The molecule has 0 aromatic heterocycles. The SMILES string of the molecule is O=C(O)CCc1cccc(-c2ccc3cc(O)c(N4CC(=O)NS4(=O)=O)cc3c2)c1. The van der Waals surface area contributed by atoms with E-state index in [9.17, 15) is 23.1 Å². The molecule has 3 N–H and O–H groups in total. The van der Waals surface area contributed by atoms with Crippen molar-refractivity contribution in [3.8, 4) is 16.9 Å². The molecular weight excluding hydrogens is 408 g/mol. The van der Waals surface area contributed by atoms with Crippen molar-refractivity contribution in [1.82, 2.24) is 4.72 Å². The summed E-state index contributed by atoms with van der Waals surface area (Å²) >= 11 is 0. The van der Waals surface area contributed by atoms with Crippen molar-refractivity contribution < 1.29 is 28.2 Å². The highest BCUT2D eigenvalue weighted by Crippen LogP contribution is 2.36. The number of carbonyl (C=O) groups excluding carboxylic acids is 1. The number of benzene rings is 3. The normalized spacial score (nSPS) is 15.3. The van der Waals surface area contributed by atoms with Crippen LogP contribution in [0.5, 0.6) is 5.75 Å². The number of aromatic hydroxyl groups is 1. The van der Waals surface area contributed by atoms with Crippen LogP contribution in [0, 0.1) is 0 Å². The van der Waals surface area contributed by atoms with E-state index in [1.807, 2.05) is 41.1 Å². The Morgan fingerprint density at radius 1 is 1.03 bits per heavy atom. The van der Waals surface area contributed by atoms with Crippen LogP contribution in [-0.4, -0.2) is 37.1 Å². The molecule has 154 valence electrons. The Balaban J connectivity index is 1.74. The molecule has 1 heterocycles. The first kappa shape index (κ1) is 19.7. The van der Waals surface area contributed by atoms with Crippen molar-refractivity contribution in [3.63, 3.8) is 0 Å². The van der Waals surface area contributed by atoms with Gasteiger partial charge in [0.05, 0.1) is 5.69 Å². The molecule has 1 amide bonds. The number of carboxylic acid groups (broad SMARTS) is 1. The third-order valence-electron chi connectivity index (χ3n) is 4.91. The Labute approximate surface area is 172 Å². The molecule has 4 rings (SSSR count). The second-order valence-electron chi connectivity index (χ2n) is 7.03. The van der Waals surface area contributed by atoms with Crippen molar-refractivity contribution in [2.24, 2.45) is 0 Å². The number of aliphatic carboxylic acids is 1. The number of carboxylic acids is 1. The van der Waals surface area contributed by atoms with Crippen LogP contribution in [0.3, 0.4) is 0 Å². The molecule has 0 bridgehead atoms. The van der Waals surface area contributed by atoms with Gasteiger partial charge in [0.15, 0.2) is 0 Å². The maximum Gasteiger partial charge on any atom is 0.326 e. The molecule has 1 aliphatic heterocycles. The predicted molar refractivity (Wildman–Crippen MR) is 111 cm³/mol. The fraction of sp³-hybridized carbons (Fsp3) is 0.143. The molecule has 0 saturated carbocycles. The van der Waals surface area contributed by atoms with E-state index in [0.29, 0.717) is 17.2 Å². The minimum atomic E-state index is -4.04. The maximum atomic E-state index is 12.1. The minimum Gasteiger partial charge on any atom is -0.506 e. The summed E-state index contributed by atoms with van der Waals surface area (Å²) < 4.78 is 27.0. The van der Waals surface area contributed by atoms with Crippen LogP contribution in [0.2, 0.25) is 0 Å². The molecule has 9 heteroatoms. The number of amides is 1. The van der Waals surface area contributed by atoms with Gasteiger partial charge in [-0.05, 0) is 52.1 Å². The molecule has 3 aromatic rings. The Kier molecular flexibility index (Phi) is 4.83. The minimum absolute atomic E-state index is 0.0215. The summed E-state index contributed by atoms with van der Waals surface area (Å²) in [6, 6.07) is 16.1. The fourth-order valence-corrected chi connectivity index (χ4v) is 4.63. The lowest BCUT2D eigenvalue weighted by molar-refractivity contribution is -0.137. The van der Waals surface area contributed by atoms with Gasteiger partial charge in [-0.2, -0.15) is 8.42 Å². The van der Waals surface area contributed by atoms with Crippen LogP contribution >= 0.6 is 0 Å². The molecular formula is C21H18N2O6S. The molecule has 30 heavy (non-hydrogen) atoms. The van der Waals surface area contributed by atoms with Gasteiger partial charge in [0.25, 0.3) is 5.91 Å². The van der Waals surface area contributed by atoms with E-state index in [2.05, 4.69) is 0 Å². The summed E-state index contributed by atoms with van der Waals surface area (Å²) in [4.78, 5) is 22.3. The molecule has 0 unspecified atom stereocenters. The van der Waals surface area contributed by atoms with E-state index in [0.717, 1.165) is 21.0 Å². The van der Waals surface area contributed by atoms with Crippen LogP contribution in [0.1, 0.15) is 12.0 Å². The average molecular weight is 426 g/mol. The van der Waals surface area contributed by atoms with E-state index in [1.54, 1.807) is 6.07 Å². The summed E-state index contributed by atoms with van der Waals surface area (Å²) in [5.41, 5.74) is 2.66. The van der Waals surface area contributed by atoms with Gasteiger partial charge in [0.1, 0.15) is 12.3 Å². The Morgan fingerprint density at radius 3 is 2.50 bits per heavy atom. The van der Waals surface area contributed by atoms with Crippen LogP contribution in [0.25, 0.3) is 21.9 Å². The average Bonchev–Trinajstić information content (AvgIpc) is 2.97. The molecule has 3 aromatic carbocycles. The maximum absolute atomic E-state index is 12.1. The lowest BCUT2D eigenvalue weighted by Gasteiger charge is -2.17. The van der Waals surface area contributed by atoms with E-state index in [1.165, 1.54) is 12.1 Å². The van der Waals surface area contributed by atoms with Gasteiger partial charge < -0.3 is 10.2 Å². The largest absolute Gasteiger partial charge is 0.506 e. The number of nitrogens with one attached hydrogen (secondary N) is 1. The Morgan fingerprint density at radius 2 is 1.80 bits per heavy atom. The van der Waals surface area contributed by atoms with Gasteiger partial charge in [-0.1, -0.05) is 36.4 Å². The first-order valence-corrected chi connectivity index (χ1v) is 10.6. The first-order chi connectivity index (χ1) is 14.2. The summed E-state index contributed by atoms with van der Waals surface area (Å²) in [6.07, 6.45) is 0.462. The number of nitrogens with zero attached hydrogens (tertiary/aromatic N) is 1. The number of phenolic OH excluding ortho intramolecular Hbond substituents is 1. The second-order valence-corrected chi connectivity index (χ2v) is 8.63. The van der Waals surface area contributed by atoms with Gasteiger partial charge in [0.2, 0.25) is 0 Å². The highest BCUT2D eigenvalue weighted by Gasteiger charge is 2.35. The van der Waals surface area contributed by atoms with Gasteiger partial charge in [-0.25, -0.2) is 9.03 Å². The van der Waals surface area contributed by atoms with E-state index in [4.69, 9.17) is 5.11 Å². The van der Waals surface area contributed by atoms with Crippen molar-refractivity contribution in [1.29, 1.82) is 0 Å². The third-order valence-corrected chi connectivity index (χ3v) is 6.30. The Bertz CT molecular complexity index is 1290. The number of fused-ring (bicyclic) bond motifs is 1. The smallest absolute Gasteiger partial charge is 0.326 e. The predicted octanol–water partition coefficient (Wildman–Crippen LogP) is 2.41. The zero-order valence-electron chi connectivity index (χ0n) is 15.7. The monoisotopic (exact) mass is 426 g/mol. The van der Waals surface area contributed by atoms with Gasteiger partial charge in [-0.3, -0.25) is 9.59 Å². The second kappa shape index (κ2) is 7.34. The van der Waals surface area contributed by atoms with Crippen molar-refractivity contribution in [2.75, 3.05) is 10.8 Å². The number of anilines is 1. The number of hydrogen-bond acceptors (Lipinski definition) is 5. The van der Waals surface area contributed by atoms with E-state index < -0.39 is 28.6 Å². The number of aryl methyl sites for hydroxylation is 1. The summed E-state index contributed by atoms with van der Waals surface area (Å²) in [7, 11) is -4.04. The quantitative estimate of drug-likeness (QED) is 0.576. The summed E-state index contributed by atoms with van der Waals surface area (Å²) in [5.74, 6) is -1.77. The number of carbonyl (C=O) groups is 2. The molecule has 1 fully saturated rings. The van der Waals surface area contributed by atoms with Crippen molar-refractivity contribution in [2.45, 2.75) is 12.8 Å². The van der Waals surface area contributed by atoms with Crippen molar-refractivity contribution >= 4 is 38.5 Å². The third kappa shape index (κ3) is 3.79. The lowest BCUT2D eigenvalue weighted by atomic mass is 9.98.